The van der Waals surface area contributed by atoms with Crippen LogP contribution < -0.4 is 4.74 Å². The van der Waals surface area contributed by atoms with Crippen LogP contribution in [0.2, 0.25) is 0 Å². The minimum Gasteiger partial charge on any atom is -0.497 e. The van der Waals surface area contributed by atoms with Gasteiger partial charge in [0, 0.05) is 25.1 Å². The molecule has 0 unspecified atom stereocenters. The van der Waals surface area contributed by atoms with Crippen LogP contribution in [-0.2, 0) is 16.1 Å². The zero-order chi connectivity index (χ0) is 17.0. The fourth-order valence-corrected chi connectivity index (χ4v) is 3.39. The highest BCUT2D eigenvalue weighted by molar-refractivity contribution is 5.26. The summed E-state index contributed by atoms with van der Waals surface area (Å²) in [5.41, 5.74) is 1.22. The quantitative estimate of drug-likeness (QED) is 0.799. The van der Waals surface area contributed by atoms with Gasteiger partial charge in [-0.15, -0.1) is 0 Å². The third kappa shape index (κ3) is 4.46. The summed E-state index contributed by atoms with van der Waals surface area (Å²) < 4.78 is 17.2. The summed E-state index contributed by atoms with van der Waals surface area (Å²) in [7, 11) is 3.49. The summed E-state index contributed by atoms with van der Waals surface area (Å²) in [4.78, 5) is 2.42. The maximum Gasteiger partial charge on any atom is 0.118 e. The van der Waals surface area contributed by atoms with Crippen molar-refractivity contribution in [2.24, 2.45) is 5.41 Å². The van der Waals surface area contributed by atoms with Crippen LogP contribution in [-0.4, -0.2) is 44.0 Å². The number of ether oxygens (including phenoxy) is 3. The van der Waals surface area contributed by atoms with Crippen LogP contribution in [0.15, 0.2) is 24.3 Å². The maximum absolute atomic E-state index is 6.35. The molecule has 0 N–H and O–H groups in total. The number of benzene rings is 1. The van der Waals surface area contributed by atoms with Crippen molar-refractivity contribution in [3.63, 3.8) is 0 Å². The lowest BCUT2D eigenvalue weighted by molar-refractivity contribution is -0.191. The summed E-state index contributed by atoms with van der Waals surface area (Å²) >= 11 is 0. The lowest BCUT2D eigenvalue weighted by Crippen LogP contribution is -2.58. The fraction of sp³-hybridized carbons (Fsp3) is 0.684. The molecule has 0 bridgehead atoms. The van der Waals surface area contributed by atoms with Gasteiger partial charge in [0.2, 0.25) is 0 Å². The van der Waals surface area contributed by atoms with Crippen LogP contribution in [0.5, 0.6) is 5.75 Å². The average Bonchev–Trinajstić information content (AvgIpc) is 2.52. The summed E-state index contributed by atoms with van der Waals surface area (Å²) in [6.07, 6.45) is 1.38. The van der Waals surface area contributed by atoms with E-state index in [1.807, 2.05) is 12.1 Å². The molecule has 1 aromatic carbocycles. The van der Waals surface area contributed by atoms with E-state index in [2.05, 4.69) is 44.7 Å². The summed E-state index contributed by atoms with van der Waals surface area (Å²) in [6, 6.07) is 8.50. The van der Waals surface area contributed by atoms with E-state index < -0.39 is 0 Å². The molecule has 1 aliphatic rings. The molecule has 0 amide bonds. The standard InChI is InChI=1S/C19H31NO3/c1-14(2)20-12-17(22-6)11-19(3,4)18(20)23-13-15-7-9-16(21-5)10-8-15/h7-10,14,17-18H,11-13H2,1-6H3/t17-,18+/m0/s1. The highest BCUT2D eigenvalue weighted by Crippen LogP contribution is 2.38. The zero-order valence-electron chi connectivity index (χ0n) is 15.3. The Labute approximate surface area is 140 Å². The Kier molecular flexibility index (Phi) is 6.06. The third-order valence-electron chi connectivity index (χ3n) is 4.70. The van der Waals surface area contributed by atoms with Gasteiger partial charge < -0.3 is 14.2 Å². The number of nitrogens with zero attached hydrogens (tertiary/aromatic N) is 1. The molecule has 1 fully saturated rings. The highest BCUT2D eigenvalue weighted by Gasteiger charge is 2.43. The largest absolute Gasteiger partial charge is 0.497 e. The van der Waals surface area contributed by atoms with E-state index in [-0.39, 0.29) is 17.7 Å². The summed E-state index contributed by atoms with van der Waals surface area (Å²) in [5, 5.41) is 0. The smallest absolute Gasteiger partial charge is 0.118 e. The zero-order valence-corrected chi connectivity index (χ0v) is 15.3. The SMILES string of the molecule is COc1ccc(CO[C@H]2N(C(C)C)C[C@@H](OC)CC2(C)C)cc1. The fourth-order valence-electron chi connectivity index (χ4n) is 3.39. The first kappa shape index (κ1) is 18.2. The predicted octanol–water partition coefficient (Wildman–Crippen LogP) is 3.69. The lowest BCUT2D eigenvalue weighted by Gasteiger charge is -2.50. The molecule has 0 aromatic heterocycles. The van der Waals surface area contributed by atoms with E-state index in [0.717, 1.165) is 18.7 Å². The van der Waals surface area contributed by atoms with E-state index in [9.17, 15) is 0 Å². The van der Waals surface area contributed by atoms with Crippen LogP contribution in [0.1, 0.15) is 39.7 Å². The van der Waals surface area contributed by atoms with E-state index >= 15 is 0 Å². The molecule has 0 radical (unpaired) electrons. The van der Waals surface area contributed by atoms with Gasteiger partial charge >= 0.3 is 0 Å². The van der Waals surface area contributed by atoms with Crippen LogP contribution in [0, 0.1) is 5.41 Å². The normalized spacial score (nSPS) is 24.8. The molecule has 2 rings (SSSR count). The van der Waals surface area contributed by atoms with Crippen molar-refractivity contribution < 1.29 is 14.2 Å². The van der Waals surface area contributed by atoms with E-state index in [4.69, 9.17) is 14.2 Å². The molecule has 1 aliphatic heterocycles. The van der Waals surface area contributed by atoms with E-state index in [0.29, 0.717) is 12.6 Å². The lowest BCUT2D eigenvalue weighted by atomic mass is 9.80. The van der Waals surface area contributed by atoms with Gasteiger partial charge in [-0.25, -0.2) is 0 Å². The Bertz CT molecular complexity index is 484. The molecule has 0 spiro atoms. The topological polar surface area (TPSA) is 30.9 Å². The predicted molar refractivity (Wildman–Crippen MR) is 92.6 cm³/mol. The molecular weight excluding hydrogens is 290 g/mol. The second-order valence-electron chi connectivity index (χ2n) is 7.35. The number of piperidine rings is 1. The molecule has 130 valence electrons. The minimum absolute atomic E-state index is 0.0513. The Morgan fingerprint density at radius 2 is 1.83 bits per heavy atom. The van der Waals surface area contributed by atoms with Gasteiger partial charge in [-0.2, -0.15) is 0 Å². The van der Waals surface area contributed by atoms with E-state index in [1.165, 1.54) is 5.56 Å². The third-order valence-corrected chi connectivity index (χ3v) is 4.70. The van der Waals surface area contributed by atoms with Crippen molar-refractivity contribution in [3.05, 3.63) is 29.8 Å². The van der Waals surface area contributed by atoms with Gasteiger partial charge in [0.15, 0.2) is 0 Å². The molecule has 23 heavy (non-hydrogen) atoms. The van der Waals surface area contributed by atoms with Gasteiger partial charge in [-0.05, 0) is 38.0 Å². The Hall–Kier alpha value is -1.10. The molecule has 0 aliphatic carbocycles. The summed E-state index contributed by atoms with van der Waals surface area (Å²) in [6.45, 7) is 10.5. The highest BCUT2D eigenvalue weighted by atomic mass is 16.5. The minimum atomic E-state index is 0.0513. The van der Waals surface area contributed by atoms with Crippen LogP contribution in [0.25, 0.3) is 0 Å². The molecular formula is C19H31NO3. The molecule has 1 aromatic rings. The van der Waals surface area contributed by atoms with Crippen LogP contribution >= 0.6 is 0 Å². The van der Waals surface area contributed by atoms with E-state index in [1.54, 1.807) is 14.2 Å². The number of hydrogen-bond donors (Lipinski definition) is 0. The van der Waals surface area contributed by atoms with Gasteiger partial charge in [0.25, 0.3) is 0 Å². The monoisotopic (exact) mass is 321 g/mol. The van der Waals surface area contributed by atoms with Crippen LogP contribution in [0.3, 0.4) is 0 Å². The van der Waals surface area contributed by atoms with Gasteiger partial charge in [-0.3, -0.25) is 4.90 Å². The first-order valence-electron chi connectivity index (χ1n) is 8.40. The second kappa shape index (κ2) is 7.65. The molecule has 0 saturated carbocycles. The van der Waals surface area contributed by atoms with Crippen molar-refractivity contribution in [3.8, 4) is 5.75 Å². The van der Waals surface area contributed by atoms with Crippen molar-refractivity contribution in [1.82, 2.24) is 4.90 Å². The van der Waals surface area contributed by atoms with Crippen molar-refractivity contribution >= 4 is 0 Å². The van der Waals surface area contributed by atoms with Crippen molar-refractivity contribution in [1.29, 1.82) is 0 Å². The number of likely N-dealkylation sites (tertiary alicyclic amines) is 1. The average molecular weight is 321 g/mol. The Morgan fingerprint density at radius 1 is 1.17 bits per heavy atom. The number of methoxy groups -OCH3 is 2. The molecule has 4 nitrogen and oxygen atoms in total. The van der Waals surface area contributed by atoms with Gasteiger partial charge in [0.05, 0.1) is 19.8 Å². The van der Waals surface area contributed by atoms with Crippen molar-refractivity contribution in [2.45, 2.75) is 59.1 Å². The molecule has 1 heterocycles. The Morgan fingerprint density at radius 3 is 2.35 bits per heavy atom. The molecule has 1 saturated heterocycles. The summed E-state index contributed by atoms with van der Waals surface area (Å²) in [5.74, 6) is 0.874. The molecule has 4 heteroatoms. The number of rotatable bonds is 6. The second-order valence-corrected chi connectivity index (χ2v) is 7.35. The van der Waals surface area contributed by atoms with Crippen molar-refractivity contribution in [2.75, 3.05) is 20.8 Å². The molecule has 2 atom stereocenters. The first-order valence-corrected chi connectivity index (χ1v) is 8.40. The maximum atomic E-state index is 6.35. The number of hydrogen-bond acceptors (Lipinski definition) is 4. The Balaban J connectivity index is 2.07. The van der Waals surface area contributed by atoms with Crippen LogP contribution in [0.4, 0.5) is 0 Å². The van der Waals surface area contributed by atoms with Gasteiger partial charge in [-0.1, -0.05) is 26.0 Å². The first-order chi connectivity index (χ1) is 10.9. The van der Waals surface area contributed by atoms with Gasteiger partial charge in [0.1, 0.15) is 12.0 Å².